The van der Waals surface area contributed by atoms with Gasteiger partial charge in [0, 0.05) is 12.0 Å². The van der Waals surface area contributed by atoms with Gasteiger partial charge in [-0.3, -0.25) is 15.2 Å². The second kappa shape index (κ2) is 9.78. The average molecular weight is 463 g/mol. The third-order valence-corrected chi connectivity index (χ3v) is 6.16. The lowest BCUT2D eigenvalue weighted by Gasteiger charge is -2.19. The van der Waals surface area contributed by atoms with E-state index in [1.807, 2.05) is 43.3 Å². The maximum Gasteiger partial charge on any atom is 0.412 e. The lowest BCUT2D eigenvalue weighted by atomic mass is 9.98. The van der Waals surface area contributed by atoms with Crippen molar-refractivity contribution in [2.75, 3.05) is 11.9 Å². The first kappa shape index (κ1) is 23.0. The monoisotopic (exact) mass is 462 g/mol. The highest BCUT2D eigenvalue weighted by Crippen LogP contribution is 2.44. The summed E-state index contributed by atoms with van der Waals surface area (Å²) < 4.78 is 5.47. The highest BCUT2D eigenvalue weighted by atomic mass is 16.5. The average Bonchev–Trinajstić information content (AvgIpc) is 3.43. The Morgan fingerprint density at radius 3 is 2.29 bits per heavy atom. The van der Waals surface area contributed by atoms with E-state index in [-0.39, 0.29) is 30.0 Å². The van der Waals surface area contributed by atoms with E-state index in [4.69, 9.17) is 4.74 Å². The van der Waals surface area contributed by atoms with Crippen LogP contribution in [0.25, 0.3) is 11.1 Å². The number of carbonyl (C=O) groups is 3. The first-order valence-electron chi connectivity index (χ1n) is 11.1. The number of H-pyrrole nitrogens is 1. The second-order valence-corrected chi connectivity index (χ2v) is 8.29. The Kier molecular flexibility index (Phi) is 6.62. The lowest BCUT2D eigenvalue weighted by Crippen LogP contribution is -2.45. The zero-order valence-corrected chi connectivity index (χ0v) is 18.9. The molecular weight excluding hydrogens is 436 g/mol. The summed E-state index contributed by atoms with van der Waals surface area (Å²) in [6, 6.07) is 16.4. The number of hydrogen-bond acceptors (Lipinski definition) is 5. The quantitative estimate of drug-likeness (QED) is 0.400. The van der Waals surface area contributed by atoms with Crippen LogP contribution < -0.4 is 10.6 Å². The van der Waals surface area contributed by atoms with Crippen LogP contribution >= 0.6 is 0 Å². The number of carboxylic acids is 1. The highest BCUT2D eigenvalue weighted by Gasteiger charge is 2.29. The zero-order valence-electron chi connectivity index (χ0n) is 18.9. The minimum Gasteiger partial charge on any atom is -0.480 e. The van der Waals surface area contributed by atoms with Crippen molar-refractivity contribution in [1.82, 2.24) is 15.5 Å². The van der Waals surface area contributed by atoms with Crippen LogP contribution in [0.1, 0.15) is 47.8 Å². The number of carbonyl (C=O) groups excluding carboxylic acids is 2. The third-order valence-electron chi connectivity index (χ3n) is 6.16. The molecule has 3 aromatic rings. The lowest BCUT2D eigenvalue weighted by molar-refractivity contribution is -0.140. The maximum atomic E-state index is 12.4. The van der Waals surface area contributed by atoms with E-state index in [1.54, 1.807) is 6.92 Å². The van der Waals surface area contributed by atoms with E-state index in [1.165, 1.54) is 6.07 Å². The van der Waals surface area contributed by atoms with Crippen LogP contribution in [0.5, 0.6) is 0 Å². The summed E-state index contributed by atoms with van der Waals surface area (Å²) in [5.41, 5.74) is 4.50. The van der Waals surface area contributed by atoms with Gasteiger partial charge in [-0.05, 0) is 28.2 Å². The first-order chi connectivity index (χ1) is 16.4. The molecule has 4 rings (SSSR count). The Bertz CT molecular complexity index is 1180. The Labute approximate surface area is 196 Å². The number of fused-ring (bicyclic) bond motifs is 3. The van der Waals surface area contributed by atoms with Gasteiger partial charge in [0.05, 0.1) is 0 Å². The van der Waals surface area contributed by atoms with Crippen LogP contribution in [0.4, 0.5) is 10.6 Å². The molecule has 0 saturated carbocycles. The molecular formula is C25H26N4O5. The van der Waals surface area contributed by atoms with Crippen molar-refractivity contribution < 1.29 is 24.2 Å². The van der Waals surface area contributed by atoms with Gasteiger partial charge in [-0.15, -0.1) is 0 Å². The van der Waals surface area contributed by atoms with Crippen molar-refractivity contribution >= 4 is 23.8 Å². The molecule has 9 heteroatoms. The molecule has 4 N–H and O–H groups in total. The van der Waals surface area contributed by atoms with Gasteiger partial charge >= 0.3 is 12.1 Å². The maximum absolute atomic E-state index is 12.4. The number of aromatic nitrogens is 2. The van der Waals surface area contributed by atoms with Crippen LogP contribution in [0.3, 0.4) is 0 Å². The molecule has 176 valence electrons. The van der Waals surface area contributed by atoms with Crippen LogP contribution in [-0.4, -0.2) is 45.9 Å². The summed E-state index contributed by atoms with van der Waals surface area (Å²) in [6.45, 7) is 3.74. The van der Waals surface area contributed by atoms with E-state index < -0.39 is 24.0 Å². The molecule has 0 saturated heterocycles. The molecule has 1 heterocycles. The normalized spacial score (nSPS) is 13.9. The Hall–Kier alpha value is -4.14. The number of aromatic amines is 1. The number of hydrogen-bond donors (Lipinski definition) is 4. The molecule has 0 aliphatic heterocycles. The molecule has 9 nitrogen and oxygen atoms in total. The predicted molar refractivity (Wildman–Crippen MR) is 126 cm³/mol. The molecule has 0 radical (unpaired) electrons. The molecule has 34 heavy (non-hydrogen) atoms. The van der Waals surface area contributed by atoms with E-state index in [9.17, 15) is 19.5 Å². The van der Waals surface area contributed by atoms with Gasteiger partial charge in [-0.1, -0.05) is 68.8 Å². The smallest absolute Gasteiger partial charge is 0.412 e. The fraction of sp³-hybridized carbons (Fsp3) is 0.280. The Balaban J connectivity index is 1.37. The number of anilines is 1. The fourth-order valence-corrected chi connectivity index (χ4v) is 4.14. The minimum absolute atomic E-state index is 0.0310. The van der Waals surface area contributed by atoms with Gasteiger partial charge in [0.15, 0.2) is 5.82 Å². The number of ether oxygens (including phenoxy) is 1. The largest absolute Gasteiger partial charge is 0.480 e. The Morgan fingerprint density at radius 2 is 1.71 bits per heavy atom. The van der Waals surface area contributed by atoms with Gasteiger partial charge < -0.3 is 15.2 Å². The van der Waals surface area contributed by atoms with Gasteiger partial charge in [-0.2, -0.15) is 5.10 Å². The van der Waals surface area contributed by atoms with E-state index in [0.717, 1.165) is 22.3 Å². The fourth-order valence-electron chi connectivity index (χ4n) is 4.14. The van der Waals surface area contributed by atoms with Gasteiger partial charge in [-0.25, -0.2) is 9.59 Å². The summed E-state index contributed by atoms with van der Waals surface area (Å²) >= 11 is 0. The summed E-state index contributed by atoms with van der Waals surface area (Å²) in [6.07, 6.45) is -0.113. The van der Waals surface area contributed by atoms with Crippen molar-refractivity contribution in [1.29, 1.82) is 0 Å². The van der Waals surface area contributed by atoms with Gasteiger partial charge in [0.25, 0.3) is 5.91 Å². The Morgan fingerprint density at radius 1 is 1.09 bits per heavy atom. The summed E-state index contributed by atoms with van der Waals surface area (Å²) in [5, 5.41) is 20.7. The molecule has 2 aromatic carbocycles. The van der Waals surface area contributed by atoms with Crippen LogP contribution in [-0.2, 0) is 9.53 Å². The van der Waals surface area contributed by atoms with Crippen LogP contribution in [0.15, 0.2) is 54.6 Å². The molecule has 2 amide bonds. The minimum atomic E-state index is -1.11. The van der Waals surface area contributed by atoms with Gasteiger partial charge in [0.1, 0.15) is 18.3 Å². The first-order valence-corrected chi connectivity index (χ1v) is 11.1. The number of nitrogens with zero attached hydrogens (tertiary/aromatic N) is 1. The van der Waals surface area contributed by atoms with E-state index >= 15 is 0 Å². The summed E-state index contributed by atoms with van der Waals surface area (Å²) in [4.78, 5) is 36.3. The number of nitrogens with one attached hydrogen (secondary N) is 3. The number of amides is 2. The van der Waals surface area contributed by atoms with E-state index in [2.05, 4.69) is 33.0 Å². The summed E-state index contributed by atoms with van der Waals surface area (Å²) in [5.74, 6) is -1.97. The van der Waals surface area contributed by atoms with Crippen molar-refractivity contribution in [3.8, 4) is 11.1 Å². The SMILES string of the molecule is CCC(C)C(NC(=O)c1cc(NC(=O)OCC2c3ccccc3-c3ccccc32)n[nH]1)C(=O)O. The van der Waals surface area contributed by atoms with Crippen molar-refractivity contribution in [3.05, 3.63) is 71.4 Å². The van der Waals surface area contributed by atoms with Crippen molar-refractivity contribution in [2.45, 2.75) is 32.2 Å². The van der Waals surface area contributed by atoms with Crippen molar-refractivity contribution in [2.24, 2.45) is 5.92 Å². The number of carboxylic acid groups (broad SMARTS) is 1. The predicted octanol–water partition coefficient (Wildman–Crippen LogP) is 4.00. The van der Waals surface area contributed by atoms with Crippen LogP contribution in [0, 0.1) is 5.92 Å². The number of aliphatic carboxylic acids is 1. The number of benzene rings is 2. The molecule has 0 fully saturated rings. The molecule has 0 bridgehead atoms. The second-order valence-electron chi connectivity index (χ2n) is 8.29. The highest BCUT2D eigenvalue weighted by molar-refractivity contribution is 5.96. The molecule has 1 aromatic heterocycles. The number of rotatable bonds is 8. The topological polar surface area (TPSA) is 133 Å². The van der Waals surface area contributed by atoms with Crippen LogP contribution in [0.2, 0.25) is 0 Å². The zero-order chi connectivity index (χ0) is 24.2. The molecule has 2 unspecified atom stereocenters. The molecule has 0 spiro atoms. The van der Waals surface area contributed by atoms with Gasteiger partial charge in [0.2, 0.25) is 0 Å². The molecule has 2 atom stereocenters. The molecule has 1 aliphatic rings. The van der Waals surface area contributed by atoms with E-state index in [0.29, 0.717) is 6.42 Å². The standard InChI is InChI=1S/C25H26N4O5/c1-3-14(2)22(24(31)32)27-23(30)20-12-21(29-28-20)26-25(33)34-13-19-17-10-6-4-8-15(17)16-9-5-7-11-18(16)19/h4-12,14,19,22H,3,13H2,1-2H3,(H,27,30)(H,31,32)(H2,26,28,29,33). The van der Waals surface area contributed by atoms with Crippen molar-refractivity contribution in [3.63, 3.8) is 0 Å². The molecule has 1 aliphatic carbocycles. The third kappa shape index (κ3) is 4.63. The summed E-state index contributed by atoms with van der Waals surface area (Å²) in [7, 11) is 0.